The molecule has 2 aromatic heterocycles. The zero-order valence-corrected chi connectivity index (χ0v) is 13.7. The van der Waals surface area contributed by atoms with Crippen molar-refractivity contribution in [1.29, 1.82) is 0 Å². The van der Waals surface area contributed by atoms with E-state index in [-0.39, 0.29) is 6.79 Å². The Morgan fingerprint density at radius 1 is 1.12 bits per heavy atom. The number of fused-ring (bicyclic) bond motifs is 2. The van der Waals surface area contributed by atoms with Crippen LogP contribution in [0.2, 0.25) is 0 Å². The van der Waals surface area contributed by atoms with Gasteiger partial charge in [0.15, 0.2) is 11.5 Å². The summed E-state index contributed by atoms with van der Waals surface area (Å²) in [6, 6.07) is 5.62. The molecule has 2 aliphatic rings. The first kappa shape index (κ1) is 14.4. The van der Waals surface area contributed by atoms with Crippen molar-refractivity contribution in [3.05, 3.63) is 35.7 Å². The third-order valence-corrected chi connectivity index (χ3v) is 4.47. The molecule has 2 aliphatic heterocycles. The number of ether oxygens (including phenoxy) is 2. The van der Waals surface area contributed by atoms with Gasteiger partial charge in [-0.3, -0.25) is 4.90 Å². The number of aromatic nitrogens is 5. The molecule has 5 rings (SSSR count). The van der Waals surface area contributed by atoms with Crippen LogP contribution in [0.5, 0.6) is 11.5 Å². The second-order valence-electron chi connectivity index (χ2n) is 6.11. The lowest BCUT2D eigenvalue weighted by Gasteiger charge is -2.25. The summed E-state index contributed by atoms with van der Waals surface area (Å²) in [5.41, 5.74) is 0.841. The van der Waals surface area contributed by atoms with Gasteiger partial charge in [-0.15, -0.1) is 10.2 Å². The van der Waals surface area contributed by atoms with Crippen LogP contribution in [-0.4, -0.2) is 43.1 Å². The van der Waals surface area contributed by atoms with Gasteiger partial charge in [0.25, 0.3) is 0 Å². The van der Waals surface area contributed by atoms with E-state index < -0.39 is 0 Å². The van der Waals surface area contributed by atoms with Gasteiger partial charge in [0.05, 0.1) is 13.1 Å². The molecule has 0 aliphatic carbocycles. The predicted octanol–water partition coefficient (Wildman–Crippen LogP) is 1.38. The lowest BCUT2D eigenvalue weighted by molar-refractivity contribution is 0.174. The van der Waals surface area contributed by atoms with Crippen LogP contribution in [0.25, 0.3) is 11.4 Å². The molecular weight excluding hydrogens is 324 g/mol. The molecule has 0 unspecified atom stereocenters. The quantitative estimate of drug-likeness (QED) is 0.706. The van der Waals surface area contributed by atoms with E-state index in [2.05, 4.69) is 29.8 Å². The van der Waals surface area contributed by atoms with Crippen molar-refractivity contribution < 1.29 is 14.0 Å². The smallest absolute Gasteiger partial charge is 0.241 e. The van der Waals surface area contributed by atoms with Crippen molar-refractivity contribution in [3.63, 3.8) is 0 Å². The number of hydrogen-bond donors (Lipinski definition) is 0. The van der Waals surface area contributed by atoms with Crippen molar-refractivity contribution in [2.24, 2.45) is 0 Å². The molecule has 9 nitrogen and oxygen atoms in total. The molecule has 0 fully saturated rings. The van der Waals surface area contributed by atoms with Crippen LogP contribution < -0.4 is 9.47 Å². The lowest BCUT2D eigenvalue weighted by Crippen LogP contribution is -2.33. The largest absolute Gasteiger partial charge is 0.454 e. The highest BCUT2D eigenvalue weighted by Gasteiger charge is 2.22. The molecule has 25 heavy (non-hydrogen) atoms. The van der Waals surface area contributed by atoms with Crippen LogP contribution in [0, 0.1) is 6.92 Å². The standard InChI is InChI=1S/C16H16N6O3/c1-10-18-19-14-7-21(4-5-22(10)14)8-15-17-16(20-25-15)11-2-3-12-13(6-11)24-9-23-12/h2-3,6H,4-5,7-9H2,1H3. The minimum atomic E-state index is 0.245. The Kier molecular flexibility index (Phi) is 3.20. The summed E-state index contributed by atoms with van der Waals surface area (Å²) in [6.45, 7) is 5.30. The number of rotatable bonds is 3. The molecule has 0 atom stereocenters. The van der Waals surface area contributed by atoms with Gasteiger partial charge in [-0.1, -0.05) is 5.16 Å². The average molecular weight is 340 g/mol. The Morgan fingerprint density at radius 3 is 3.00 bits per heavy atom. The molecule has 0 saturated carbocycles. The summed E-state index contributed by atoms with van der Waals surface area (Å²) in [4.78, 5) is 6.73. The fourth-order valence-electron chi connectivity index (χ4n) is 3.15. The van der Waals surface area contributed by atoms with Crippen LogP contribution >= 0.6 is 0 Å². The Labute approximate surface area is 143 Å². The monoisotopic (exact) mass is 340 g/mol. The molecule has 1 aromatic carbocycles. The molecule has 3 aromatic rings. The summed E-state index contributed by atoms with van der Waals surface area (Å²) in [6.07, 6.45) is 0. The maximum Gasteiger partial charge on any atom is 0.241 e. The lowest BCUT2D eigenvalue weighted by atomic mass is 10.2. The van der Waals surface area contributed by atoms with E-state index in [1.165, 1.54) is 0 Å². The second-order valence-corrected chi connectivity index (χ2v) is 6.11. The highest BCUT2D eigenvalue weighted by Crippen LogP contribution is 2.35. The molecule has 0 saturated heterocycles. The average Bonchev–Trinajstić information content (AvgIpc) is 3.34. The molecule has 4 heterocycles. The van der Waals surface area contributed by atoms with Gasteiger partial charge in [0, 0.05) is 18.7 Å². The molecular formula is C16H16N6O3. The second kappa shape index (κ2) is 5.55. The summed E-state index contributed by atoms with van der Waals surface area (Å²) in [7, 11) is 0. The fourth-order valence-corrected chi connectivity index (χ4v) is 3.15. The molecule has 0 spiro atoms. The highest BCUT2D eigenvalue weighted by molar-refractivity contribution is 5.61. The highest BCUT2D eigenvalue weighted by atomic mass is 16.7. The molecule has 0 amide bonds. The first-order valence-corrected chi connectivity index (χ1v) is 8.10. The predicted molar refractivity (Wildman–Crippen MR) is 84.7 cm³/mol. The zero-order valence-electron chi connectivity index (χ0n) is 13.7. The van der Waals surface area contributed by atoms with Crippen LogP contribution in [0.15, 0.2) is 22.7 Å². The fraction of sp³-hybridized carbons (Fsp3) is 0.375. The van der Waals surface area contributed by atoms with E-state index in [1.807, 2.05) is 25.1 Å². The van der Waals surface area contributed by atoms with E-state index >= 15 is 0 Å². The van der Waals surface area contributed by atoms with Crippen LogP contribution in [0.3, 0.4) is 0 Å². The summed E-state index contributed by atoms with van der Waals surface area (Å²) in [5.74, 6) is 4.49. The Morgan fingerprint density at radius 2 is 2.04 bits per heavy atom. The van der Waals surface area contributed by atoms with E-state index in [1.54, 1.807) is 0 Å². The SMILES string of the molecule is Cc1nnc2n1CCN(Cc1nc(-c3ccc4c(c3)OCO4)no1)C2. The van der Waals surface area contributed by atoms with Crippen molar-refractivity contribution in [2.75, 3.05) is 13.3 Å². The Bertz CT molecular complexity index is 934. The number of nitrogens with zero attached hydrogens (tertiary/aromatic N) is 6. The maximum atomic E-state index is 5.42. The minimum absolute atomic E-state index is 0.245. The van der Waals surface area contributed by atoms with Crippen LogP contribution in [-0.2, 0) is 19.6 Å². The molecule has 0 N–H and O–H groups in total. The minimum Gasteiger partial charge on any atom is -0.454 e. The van der Waals surface area contributed by atoms with Crippen LogP contribution in [0.1, 0.15) is 17.5 Å². The third kappa shape index (κ3) is 2.52. The number of benzene rings is 1. The van der Waals surface area contributed by atoms with Crippen LogP contribution in [0.4, 0.5) is 0 Å². The van der Waals surface area contributed by atoms with Gasteiger partial charge in [-0.2, -0.15) is 4.98 Å². The number of aryl methyl sites for hydroxylation is 1. The van der Waals surface area contributed by atoms with Gasteiger partial charge in [-0.25, -0.2) is 0 Å². The van der Waals surface area contributed by atoms with Gasteiger partial charge < -0.3 is 18.6 Å². The normalized spacial score (nSPS) is 16.2. The Hall–Kier alpha value is -2.94. The number of hydrogen-bond acceptors (Lipinski definition) is 8. The topological polar surface area (TPSA) is 91.3 Å². The first-order chi connectivity index (χ1) is 12.3. The maximum absolute atomic E-state index is 5.42. The summed E-state index contributed by atoms with van der Waals surface area (Å²) in [5, 5.41) is 12.4. The van der Waals surface area contributed by atoms with Gasteiger partial charge >= 0.3 is 0 Å². The van der Waals surface area contributed by atoms with E-state index in [0.29, 0.717) is 24.0 Å². The van der Waals surface area contributed by atoms with Gasteiger partial charge in [-0.05, 0) is 25.1 Å². The summed E-state index contributed by atoms with van der Waals surface area (Å²) < 4.78 is 18.3. The molecule has 9 heteroatoms. The zero-order chi connectivity index (χ0) is 16.8. The summed E-state index contributed by atoms with van der Waals surface area (Å²) >= 11 is 0. The van der Waals surface area contributed by atoms with Gasteiger partial charge in [0.1, 0.15) is 11.6 Å². The van der Waals surface area contributed by atoms with E-state index in [0.717, 1.165) is 42.6 Å². The first-order valence-electron chi connectivity index (χ1n) is 8.10. The Balaban J connectivity index is 1.32. The van der Waals surface area contributed by atoms with Crippen molar-refractivity contribution >= 4 is 0 Å². The van der Waals surface area contributed by atoms with Crippen molar-refractivity contribution in [3.8, 4) is 22.9 Å². The van der Waals surface area contributed by atoms with Gasteiger partial charge in [0.2, 0.25) is 18.5 Å². The van der Waals surface area contributed by atoms with Crippen molar-refractivity contribution in [1.82, 2.24) is 29.8 Å². The molecule has 128 valence electrons. The molecule has 0 bridgehead atoms. The molecule has 0 radical (unpaired) electrons. The van der Waals surface area contributed by atoms with Crippen molar-refractivity contribution in [2.45, 2.75) is 26.6 Å². The van der Waals surface area contributed by atoms with E-state index in [4.69, 9.17) is 14.0 Å². The third-order valence-electron chi connectivity index (χ3n) is 4.47. The van der Waals surface area contributed by atoms with E-state index in [9.17, 15) is 0 Å².